The number of anilines is 1. The maximum atomic E-state index is 12.5. The van der Waals surface area contributed by atoms with E-state index in [0.717, 1.165) is 11.3 Å². The zero-order valence-corrected chi connectivity index (χ0v) is 15.8. The minimum Gasteiger partial charge on any atom is -0.408 e. The van der Waals surface area contributed by atoms with E-state index < -0.39 is 5.76 Å². The number of carbonyl (C=O) groups excluding carboxylic acids is 1. The molecule has 0 fully saturated rings. The number of aromatic nitrogens is 3. The van der Waals surface area contributed by atoms with Gasteiger partial charge in [-0.05, 0) is 54.6 Å². The number of thiazole rings is 1. The van der Waals surface area contributed by atoms with Gasteiger partial charge >= 0.3 is 5.76 Å². The molecule has 0 aliphatic carbocycles. The lowest BCUT2D eigenvalue weighted by Gasteiger charge is -2.05. The molecule has 1 amide bonds. The summed E-state index contributed by atoms with van der Waals surface area (Å²) in [5.74, 6) is -0.717. The highest BCUT2D eigenvalue weighted by Crippen LogP contribution is 2.27. The quantitative estimate of drug-likeness (QED) is 0.469. The van der Waals surface area contributed by atoms with Crippen molar-refractivity contribution in [1.82, 2.24) is 14.5 Å². The Labute approximate surface area is 168 Å². The zero-order chi connectivity index (χ0) is 19.8. The molecule has 5 aromatic rings. The number of oxazole rings is 1. The summed E-state index contributed by atoms with van der Waals surface area (Å²) in [7, 11) is 0. The first kappa shape index (κ1) is 17.2. The fourth-order valence-electron chi connectivity index (χ4n) is 3.04. The molecule has 3 aromatic heterocycles. The van der Waals surface area contributed by atoms with Crippen LogP contribution in [0, 0.1) is 0 Å². The molecular weight excluding hydrogens is 388 g/mol. The number of carbonyl (C=O) groups is 1. The minimum atomic E-state index is -0.494. The molecule has 0 aliphatic rings. The number of rotatable bonds is 4. The smallest absolute Gasteiger partial charge is 0.408 e. The molecule has 5 rings (SSSR count). The summed E-state index contributed by atoms with van der Waals surface area (Å²) in [6, 6.07) is 16.6. The van der Waals surface area contributed by atoms with Crippen molar-refractivity contribution in [3.05, 3.63) is 88.5 Å². The average molecular weight is 402 g/mol. The Bertz CT molecular complexity index is 1360. The van der Waals surface area contributed by atoms with Gasteiger partial charge in [-0.2, -0.15) is 0 Å². The van der Waals surface area contributed by atoms with E-state index in [1.807, 2.05) is 52.7 Å². The highest BCUT2D eigenvalue weighted by molar-refractivity contribution is 7.14. The Balaban J connectivity index is 1.33. The van der Waals surface area contributed by atoms with Crippen molar-refractivity contribution in [2.45, 2.75) is 0 Å². The van der Waals surface area contributed by atoms with Crippen LogP contribution in [0.15, 0.2) is 81.6 Å². The molecule has 0 aliphatic heterocycles. The Hall–Kier alpha value is -3.91. The van der Waals surface area contributed by atoms with Crippen molar-refractivity contribution in [1.29, 1.82) is 0 Å². The van der Waals surface area contributed by atoms with E-state index >= 15 is 0 Å². The molecule has 2 N–H and O–H groups in total. The van der Waals surface area contributed by atoms with E-state index in [1.165, 1.54) is 11.3 Å². The second-order valence-corrected chi connectivity index (χ2v) is 7.21. The van der Waals surface area contributed by atoms with Crippen LogP contribution in [0.1, 0.15) is 10.4 Å². The number of H-pyrrole nitrogens is 1. The predicted molar refractivity (Wildman–Crippen MR) is 112 cm³/mol. The van der Waals surface area contributed by atoms with Crippen LogP contribution in [-0.2, 0) is 0 Å². The summed E-state index contributed by atoms with van der Waals surface area (Å²) >= 11 is 1.34. The standard InChI is InChI=1S/C21H14N4O3S/c26-19(13-3-6-15(7-4-13)25-9-1-2-10-25)24-20-22-17(12-29-20)14-5-8-18-16(11-14)23-21(27)28-18/h1-12H,(H,23,27)(H,22,24,26). The monoisotopic (exact) mass is 402 g/mol. The highest BCUT2D eigenvalue weighted by Gasteiger charge is 2.11. The number of aromatic amines is 1. The molecular formula is C21H14N4O3S. The van der Waals surface area contributed by atoms with Gasteiger partial charge in [0.05, 0.1) is 11.2 Å². The summed E-state index contributed by atoms with van der Waals surface area (Å²) in [4.78, 5) is 30.9. The third-order valence-corrected chi connectivity index (χ3v) is 5.23. The van der Waals surface area contributed by atoms with Crippen LogP contribution in [0.5, 0.6) is 0 Å². The first-order valence-electron chi connectivity index (χ1n) is 8.79. The van der Waals surface area contributed by atoms with Gasteiger partial charge in [0.15, 0.2) is 10.7 Å². The Morgan fingerprint density at radius 3 is 2.69 bits per heavy atom. The van der Waals surface area contributed by atoms with E-state index in [9.17, 15) is 9.59 Å². The van der Waals surface area contributed by atoms with Crippen LogP contribution in [0.3, 0.4) is 0 Å². The molecule has 3 heterocycles. The average Bonchev–Trinajstić information content (AvgIpc) is 3.47. The van der Waals surface area contributed by atoms with Crippen molar-refractivity contribution in [2.24, 2.45) is 0 Å². The van der Waals surface area contributed by atoms with Gasteiger partial charge < -0.3 is 8.98 Å². The zero-order valence-electron chi connectivity index (χ0n) is 15.0. The van der Waals surface area contributed by atoms with Crippen molar-refractivity contribution >= 4 is 33.5 Å². The molecule has 0 bridgehead atoms. The minimum absolute atomic E-state index is 0.223. The first-order valence-corrected chi connectivity index (χ1v) is 9.67. The maximum absolute atomic E-state index is 12.5. The number of benzene rings is 2. The van der Waals surface area contributed by atoms with Crippen LogP contribution in [0.25, 0.3) is 28.0 Å². The van der Waals surface area contributed by atoms with E-state index in [0.29, 0.717) is 27.5 Å². The Kier molecular flexibility index (Phi) is 4.10. The topological polar surface area (TPSA) is 92.9 Å². The van der Waals surface area contributed by atoms with Gasteiger partial charge in [0, 0.05) is 34.6 Å². The Morgan fingerprint density at radius 2 is 1.90 bits per heavy atom. The van der Waals surface area contributed by atoms with Crippen LogP contribution < -0.4 is 11.1 Å². The van der Waals surface area contributed by atoms with Crippen molar-refractivity contribution in [3.8, 4) is 16.9 Å². The summed E-state index contributed by atoms with van der Waals surface area (Å²) in [6.07, 6.45) is 3.89. The van der Waals surface area contributed by atoms with Crippen molar-refractivity contribution in [2.75, 3.05) is 5.32 Å². The van der Waals surface area contributed by atoms with Gasteiger partial charge in [0.25, 0.3) is 5.91 Å². The molecule has 8 heteroatoms. The number of hydrogen-bond donors (Lipinski definition) is 2. The molecule has 0 atom stereocenters. The maximum Gasteiger partial charge on any atom is 0.417 e. The van der Waals surface area contributed by atoms with Crippen LogP contribution >= 0.6 is 11.3 Å². The van der Waals surface area contributed by atoms with E-state index in [2.05, 4.69) is 15.3 Å². The molecule has 0 spiro atoms. The number of hydrogen-bond acceptors (Lipinski definition) is 5. The lowest BCUT2D eigenvalue weighted by molar-refractivity contribution is 0.102. The summed E-state index contributed by atoms with van der Waals surface area (Å²) in [6.45, 7) is 0. The SMILES string of the molecule is O=C(Nc1nc(-c2ccc3oc(=O)[nH]c3c2)cs1)c1ccc(-n2cccc2)cc1. The number of nitrogens with one attached hydrogen (secondary N) is 2. The van der Waals surface area contributed by atoms with E-state index in [1.54, 1.807) is 24.3 Å². The lowest BCUT2D eigenvalue weighted by Crippen LogP contribution is -2.11. The molecule has 7 nitrogen and oxygen atoms in total. The number of fused-ring (bicyclic) bond motifs is 1. The summed E-state index contributed by atoms with van der Waals surface area (Å²) < 4.78 is 6.98. The second kappa shape index (κ2) is 6.92. The van der Waals surface area contributed by atoms with Gasteiger partial charge in [-0.25, -0.2) is 9.78 Å². The second-order valence-electron chi connectivity index (χ2n) is 6.35. The van der Waals surface area contributed by atoms with Gasteiger partial charge in [-0.15, -0.1) is 11.3 Å². The van der Waals surface area contributed by atoms with Gasteiger partial charge in [-0.3, -0.25) is 15.1 Å². The fourth-order valence-corrected chi connectivity index (χ4v) is 3.75. The normalized spacial score (nSPS) is 11.0. The predicted octanol–water partition coefficient (Wildman–Crippen LogP) is 4.29. The lowest BCUT2D eigenvalue weighted by atomic mass is 10.1. The third-order valence-electron chi connectivity index (χ3n) is 4.47. The highest BCUT2D eigenvalue weighted by atomic mass is 32.1. The summed E-state index contributed by atoms with van der Waals surface area (Å²) in [5.41, 5.74) is 4.16. The van der Waals surface area contributed by atoms with E-state index in [-0.39, 0.29) is 5.91 Å². The van der Waals surface area contributed by atoms with Crippen LogP contribution in [0.2, 0.25) is 0 Å². The number of nitrogens with zero attached hydrogens (tertiary/aromatic N) is 2. The molecule has 0 saturated carbocycles. The Morgan fingerprint density at radius 1 is 1.10 bits per heavy atom. The summed E-state index contributed by atoms with van der Waals surface area (Å²) in [5, 5.41) is 5.18. The number of amides is 1. The molecule has 0 unspecified atom stereocenters. The molecule has 29 heavy (non-hydrogen) atoms. The molecule has 2 aromatic carbocycles. The van der Waals surface area contributed by atoms with Crippen LogP contribution in [-0.4, -0.2) is 20.4 Å². The largest absolute Gasteiger partial charge is 0.417 e. The van der Waals surface area contributed by atoms with Crippen molar-refractivity contribution < 1.29 is 9.21 Å². The van der Waals surface area contributed by atoms with Gasteiger partial charge in [0.1, 0.15) is 0 Å². The van der Waals surface area contributed by atoms with Crippen LogP contribution in [0.4, 0.5) is 5.13 Å². The van der Waals surface area contributed by atoms with E-state index in [4.69, 9.17) is 4.42 Å². The first-order chi connectivity index (χ1) is 14.2. The third kappa shape index (κ3) is 3.37. The molecule has 0 saturated heterocycles. The van der Waals surface area contributed by atoms with Gasteiger partial charge in [-0.1, -0.05) is 0 Å². The fraction of sp³-hybridized carbons (Fsp3) is 0. The molecule has 142 valence electrons. The van der Waals surface area contributed by atoms with Crippen molar-refractivity contribution in [3.63, 3.8) is 0 Å². The van der Waals surface area contributed by atoms with Gasteiger partial charge in [0.2, 0.25) is 0 Å². The molecule has 0 radical (unpaired) electrons.